The van der Waals surface area contributed by atoms with E-state index < -0.39 is 0 Å². The molecule has 0 spiro atoms. The molecule has 2 aliphatic heterocycles. The Balaban J connectivity index is 1.82. The molecule has 0 aliphatic carbocycles. The number of hydrogen-bond donors (Lipinski definition) is 1. The maximum atomic E-state index is 13.4. The second-order valence-electron chi connectivity index (χ2n) is 6.83. The number of aromatic nitrogens is 3. The van der Waals surface area contributed by atoms with E-state index in [1.54, 1.807) is 48.5 Å². The predicted molar refractivity (Wildman–Crippen MR) is 115 cm³/mol. The molecule has 1 N–H and O–H groups in total. The molecule has 0 atom stereocenters. The minimum atomic E-state index is -0.279. The van der Waals surface area contributed by atoms with Gasteiger partial charge in [0.05, 0.1) is 16.9 Å². The Hall–Kier alpha value is -4.39. The van der Waals surface area contributed by atoms with E-state index in [9.17, 15) is 14.5 Å². The van der Waals surface area contributed by atoms with Crippen LogP contribution < -0.4 is 5.56 Å². The molecular formula is C23H14N4O3. The van der Waals surface area contributed by atoms with Crippen molar-refractivity contribution in [1.29, 1.82) is 0 Å². The number of nitroso groups, excluding NO2 is 1. The molecule has 30 heavy (non-hydrogen) atoms. The van der Waals surface area contributed by atoms with Crippen LogP contribution in [0.2, 0.25) is 0 Å². The largest absolute Gasteiger partial charge is 0.354 e. The molecule has 0 fully saturated rings. The number of fused-ring (bicyclic) bond motifs is 3. The molecule has 0 unspecified atom stereocenters. The normalized spacial score (nSPS) is 11.1. The van der Waals surface area contributed by atoms with Crippen molar-refractivity contribution in [3.05, 3.63) is 93.6 Å². The first-order valence-electron chi connectivity index (χ1n) is 9.23. The Bertz CT molecular complexity index is 1430. The summed E-state index contributed by atoms with van der Waals surface area (Å²) in [5.41, 5.74) is 4.32. The van der Waals surface area contributed by atoms with Gasteiger partial charge in [-0.3, -0.25) is 9.59 Å². The molecule has 0 saturated heterocycles. The third-order valence-corrected chi connectivity index (χ3v) is 5.07. The number of hydrogen-bond acceptors (Lipinski definition) is 5. The number of pyridine rings is 1. The number of carbonyl (C=O) groups is 1. The number of aldehydes is 1. The van der Waals surface area contributed by atoms with Gasteiger partial charge in [0.25, 0.3) is 5.56 Å². The molecule has 2 heterocycles. The molecule has 2 aliphatic rings. The van der Waals surface area contributed by atoms with Gasteiger partial charge < -0.3 is 4.98 Å². The number of carbonyl (C=O) groups excluding carboxylic acids is 1. The average Bonchev–Trinajstić information content (AvgIpc) is 3.16. The zero-order valence-electron chi connectivity index (χ0n) is 15.6. The maximum absolute atomic E-state index is 13.4. The number of H-pyrrole nitrogens is 1. The summed E-state index contributed by atoms with van der Waals surface area (Å²) in [5, 5.41) is 8.37. The van der Waals surface area contributed by atoms with E-state index in [4.69, 9.17) is 0 Å². The highest BCUT2D eigenvalue weighted by atomic mass is 16.3. The summed E-state index contributed by atoms with van der Waals surface area (Å²) in [4.78, 5) is 38.4. The summed E-state index contributed by atoms with van der Waals surface area (Å²) in [6, 6.07) is 21.0. The van der Waals surface area contributed by atoms with Crippen molar-refractivity contribution in [3.63, 3.8) is 0 Å². The minimum Gasteiger partial charge on any atom is -0.354 e. The fraction of sp³-hybridized carbons (Fsp3) is 0. The summed E-state index contributed by atoms with van der Waals surface area (Å²) in [7, 11) is 0. The minimum absolute atomic E-state index is 0.279. The molecule has 3 aromatic carbocycles. The zero-order chi connectivity index (χ0) is 20.7. The second-order valence-corrected chi connectivity index (χ2v) is 6.83. The lowest BCUT2D eigenvalue weighted by atomic mass is 10.00. The van der Waals surface area contributed by atoms with Crippen LogP contribution in [0.3, 0.4) is 0 Å². The van der Waals surface area contributed by atoms with Gasteiger partial charge >= 0.3 is 0 Å². The molecule has 0 aromatic heterocycles. The van der Waals surface area contributed by atoms with Gasteiger partial charge in [-0.05, 0) is 53.2 Å². The maximum Gasteiger partial charge on any atom is 0.283 e. The molecule has 5 rings (SSSR count). The van der Waals surface area contributed by atoms with Gasteiger partial charge in [0.1, 0.15) is 17.7 Å². The standard InChI is InChI=1S/C23H14N4O3/c28-13-14-5-11-17(12-6-14)27-23(29)20-21(15-7-9-16(26-30)10-8-15)24-19-4-2-1-3-18(19)22(20)25-27/h1-13,24H. The van der Waals surface area contributed by atoms with E-state index in [1.807, 2.05) is 24.3 Å². The van der Waals surface area contributed by atoms with Gasteiger partial charge in [0.2, 0.25) is 0 Å². The second kappa shape index (κ2) is 6.89. The third-order valence-electron chi connectivity index (χ3n) is 5.07. The molecular weight excluding hydrogens is 380 g/mol. The van der Waals surface area contributed by atoms with Crippen LogP contribution in [0.4, 0.5) is 5.69 Å². The van der Waals surface area contributed by atoms with Crippen molar-refractivity contribution in [2.75, 3.05) is 0 Å². The highest BCUT2D eigenvalue weighted by Gasteiger charge is 2.24. The molecule has 3 aromatic rings. The number of nitrogens with one attached hydrogen (secondary N) is 1. The molecule has 0 radical (unpaired) electrons. The molecule has 7 nitrogen and oxygen atoms in total. The van der Waals surface area contributed by atoms with Crippen molar-refractivity contribution in [2.45, 2.75) is 0 Å². The first-order chi connectivity index (χ1) is 14.7. The Morgan fingerprint density at radius 3 is 2.37 bits per heavy atom. The van der Waals surface area contributed by atoms with Crippen molar-refractivity contribution in [2.24, 2.45) is 5.18 Å². The first kappa shape index (κ1) is 17.7. The summed E-state index contributed by atoms with van der Waals surface area (Å²) in [6.45, 7) is 0. The lowest BCUT2D eigenvalue weighted by molar-refractivity contribution is 0.112. The summed E-state index contributed by atoms with van der Waals surface area (Å²) in [6.07, 6.45) is 0.750. The number of aromatic amines is 1. The van der Waals surface area contributed by atoms with Crippen LogP contribution in [0.15, 0.2) is 82.8 Å². The third kappa shape index (κ3) is 2.72. The zero-order valence-corrected chi connectivity index (χ0v) is 15.6. The summed E-state index contributed by atoms with van der Waals surface area (Å²) >= 11 is 0. The quantitative estimate of drug-likeness (QED) is 0.353. The van der Waals surface area contributed by atoms with Gasteiger partial charge in [0, 0.05) is 16.5 Å². The van der Waals surface area contributed by atoms with Gasteiger partial charge in [-0.25, -0.2) is 0 Å². The van der Waals surface area contributed by atoms with Crippen LogP contribution in [0.5, 0.6) is 0 Å². The molecule has 0 amide bonds. The lowest BCUT2D eigenvalue weighted by Gasteiger charge is -2.10. The summed E-state index contributed by atoms with van der Waals surface area (Å²) < 4.78 is 1.34. The van der Waals surface area contributed by atoms with E-state index >= 15 is 0 Å². The van der Waals surface area contributed by atoms with Crippen LogP contribution in [0, 0.1) is 4.91 Å². The van der Waals surface area contributed by atoms with Crippen molar-refractivity contribution in [1.82, 2.24) is 14.8 Å². The highest BCUT2D eigenvalue weighted by Crippen LogP contribution is 2.35. The Morgan fingerprint density at radius 1 is 0.933 bits per heavy atom. The monoisotopic (exact) mass is 394 g/mol. The number of benzene rings is 3. The smallest absolute Gasteiger partial charge is 0.283 e. The highest BCUT2D eigenvalue weighted by molar-refractivity contribution is 5.99. The topological polar surface area (TPSA) is 97.2 Å². The Morgan fingerprint density at radius 2 is 1.67 bits per heavy atom. The fourth-order valence-corrected chi connectivity index (χ4v) is 3.59. The Kier molecular flexibility index (Phi) is 4.07. The van der Waals surface area contributed by atoms with Crippen LogP contribution in [0.1, 0.15) is 10.4 Å². The molecule has 144 valence electrons. The van der Waals surface area contributed by atoms with E-state index in [0.29, 0.717) is 33.9 Å². The number of nitrogens with zero attached hydrogens (tertiary/aromatic N) is 3. The molecule has 0 saturated carbocycles. The van der Waals surface area contributed by atoms with E-state index in [0.717, 1.165) is 22.8 Å². The predicted octanol–water partition coefficient (Wildman–Crippen LogP) is 4.70. The summed E-state index contributed by atoms with van der Waals surface area (Å²) in [5.74, 6) is 0. The van der Waals surface area contributed by atoms with Gasteiger partial charge in [-0.1, -0.05) is 30.3 Å². The van der Waals surface area contributed by atoms with Gasteiger partial charge in [0.15, 0.2) is 0 Å². The van der Waals surface area contributed by atoms with Crippen molar-refractivity contribution >= 4 is 22.9 Å². The lowest BCUT2D eigenvalue weighted by Crippen LogP contribution is -2.15. The first-order valence-corrected chi connectivity index (χ1v) is 9.23. The van der Waals surface area contributed by atoms with Gasteiger partial charge in [-0.2, -0.15) is 9.78 Å². The number of rotatable bonds is 4. The van der Waals surface area contributed by atoms with Crippen molar-refractivity contribution in [3.8, 4) is 28.2 Å². The Labute approximate surface area is 169 Å². The molecule has 0 bridgehead atoms. The SMILES string of the molecule is O=Cc1ccc(-n2nc3c4ccccc4[nH]c(-c4ccc(N=O)cc4)c-3c2=O)cc1. The fourth-order valence-electron chi connectivity index (χ4n) is 3.59. The van der Waals surface area contributed by atoms with Crippen LogP contribution in [-0.2, 0) is 0 Å². The van der Waals surface area contributed by atoms with E-state index in [1.165, 1.54) is 4.68 Å². The number of para-hydroxylation sites is 1. The van der Waals surface area contributed by atoms with E-state index in [-0.39, 0.29) is 5.56 Å². The van der Waals surface area contributed by atoms with Crippen molar-refractivity contribution < 1.29 is 4.79 Å². The average molecular weight is 394 g/mol. The van der Waals surface area contributed by atoms with Crippen LogP contribution in [-0.4, -0.2) is 21.1 Å². The van der Waals surface area contributed by atoms with Crippen LogP contribution >= 0.6 is 0 Å². The van der Waals surface area contributed by atoms with E-state index in [2.05, 4.69) is 15.3 Å². The molecule has 7 heteroatoms. The van der Waals surface area contributed by atoms with Gasteiger partial charge in [-0.15, -0.1) is 4.91 Å². The van der Waals surface area contributed by atoms with Crippen LogP contribution in [0.25, 0.3) is 39.1 Å².